The molecule has 0 radical (unpaired) electrons. The molecule has 1 aromatic carbocycles. The van der Waals surface area contributed by atoms with Gasteiger partial charge in [-0.1, -0.05) is 13.3 Å². The van der Waals surface area contributed by atoms with Gasteiger partial charge in [0.05, 0.1) is 17.7 Å². The molecule has 0 aromatic heterocycles. The summed E-state index contributed by atoms with van der Waals surface area (Å²) in [5, 5.41) is -2.56. The Hall–Kier alpha value is -1.10. The molecule has 0 unspecified atom stereocenters. The molecule has 1 rings (SSSR count). The monoisotopic (exact) mass is 336 g/mol. The lowest BCUT2D eigenvalue weighted by Crippen LogP contribution is -2.08. The van der Waals surface area contributed by atoms with E-state index in [9.17, 15) is 14.4 Å². The van der Waals surface area contributed by atoms with E-state index in [2.05, 4.69) is 0 Å². The van der Waals surface area contributed by atoms with E-state index in [1.54, 1.807) is 0 Å². The van der Waals surface area contributed by atoms with Gasteiger partial charge in [0.1, 0.15) is 5.75 Å². The van der Waals surface area contributed by atoms with Crippen molar-refractivity contribution in [2.75, 3.05) is 6.61 Å². The van der Waals surface area contributed by atoms with E-state index in [-0.39, 0.29) is 22.4 Å². The van der Waals surface area contributed by atoms with Crippen LogP contribution in [0.3, 0.4) is 0 Å². The van der Waals surface area contributed by atoms with E-state index in [0.29, 0.717) is 6.61 Å². The average molecular weight is 338 g/mol. The summed E-state index contributed by atoms with van der Waals surface area (Å²) in [5.74, 6) is -0.0277. The minimum atomic E-state index is -0.865. The van der Waals surface area contributed by atoms with Gasteiger partial charge in [-0.25, -0.2) is 0 Å². The summed E-state index contributed by atoms with van der Waals surface area (Å²) in [6.45, 7) is 2.25. The third-order valence-corrected chi connectivity index (χ3v) is 3.11. The van der Waals surface area contributed by atoms with Crippen LogP contribution in [0.25, 0.3) is 0 Å². The standard InChI is InChI=1S/C13H11Cl3O4/c1-2-3-4-20-10-8(12(15)18)5-7(11(14)17)6-9(10)13(16)19/h5-6H,2-4H2,1H3. The predicted molar refractivity (Wildman–Crippen MR) is 77.4 cm³/mol. The molecule has 1 aromatic rings. The molecule has 0 heterocycles. The maximum absolute atomic E-state index is 11.4. The largest absolute Gasteiger partial charge is 0.492 e. The Morgan fingerprint density at radius 3 is 1.85 bits per heavy atom. The molecule has 0 saturated heterocycles. The second kappa shape index (κ2) is 7.62. The lowest BCUT2D eigenvalue weighted by Gasteiger charge is -2.13. The third kappa shape index (κ3) is 4.20. The number of carbonyl (C=O) groups excluding carboxylic acids is 3. The van der Waals surface area contributed by atoms with E-state index >= 15 is 0 Å². The number of rotatable bonds is 7. The molecule has 108 valence electrons. The topological polar surface area (TPSA) is 60.4 Å². The lowest BCUT2D eigenvalue weighted by molar-refractivity contribution is 0.107. The maximum Gasteiger partial charge on any atom is 0.256 e. The first-order valence-corrected chi connectivity index (χ1v) is 6.92. The van der Waals surface area contributed by atoms with Gasteiger partial charge >= 0.3 is 0 Å². The van der Waals surface area contributed by atoms with Crippen molar-refractivity contribution in [1.29, 1.82) is 0 Å². The van der Waals surface area contributed by atoms with Crippen molar-refractivity contribution in [3.05, 3.63) is 28.8 Å². The van der Waals surface area contributed by atoms with Gasteiger partial charge in [-0.15, -0.1) is 0 Å². The smallest absolute Gasteiger partial charge is 0.256 e. The predicted octanol–water partition coefficient (Wildman–Crippen LogP) is 4.00. The van der Waals surface area contributed by atoms with E-state index in [0.717, 1.165) is 12.8 Å². The molecule has 0 N–H and O–H groups in total. The Morgan fingerprint density at radius 2 is 1.50 bits per heavy atom. The molecule has 0 spiro atoms. The zero-order valence-electron chi connectivity index (χ0n) is 10.5. The summed E-state index contributed by atoms with van der Waals surface area (Å²) >= 11 is 16.2. The number of carbonyl (C=O) groups is 3. The number of hydrogen-bond donors (Lipinski definition) is 0. The van der Waals surface area contributed by atoms with Crippen LogP contribution in [0.4, 0.5) is 0 Å². The summed E-state index contributed by atoms with van der Waals surface area (Å²) in [6.07, 6.45) is 1.59. The number of hydrogen-bond acceptors (Lipinski definition) is 4. The quantitative estimate of drug-likeness (QED) is 0.557. The zero-order valence-corrected chi connectivity index (χ0v) is 12.8. The van der Waals surface area contributed by atoms with Gasteiger partial charge < -0.3 is 4.74 Å². The van der Waals surface area contributed by atoms with Crippen LogP contribution in [0.2, 0.25) is 0 Å². The molecule has 0 aliphatic rings. The normalized spacial score (nSPS) is 10.2. The van der Waals surface area contributed by atoms with Gasteiger partial charge in [-0.2, -0.15) is 0 Å². The fraction of sp³-hybridized carbons (Fsp3) is 0.308. The first kappa shape index (κ1) is 17.0. The number of benzene rings is 1. The van der Waals surface area contributed by atoms with Crippen LogP contribution in [0.15, 0.2) is 12.1 Å². The van der Waals surface area contributed by atoms with E-state index in [4.69, 9.17) is 39.5 Å². The average Bonchev–Trinajstić information content (AvgIpc) is 2.37. The highest BCUT2D eigenvalue weighted by Crippen LogP contribution is 2.30. The molecule has 4 nitrogen and oxygen atoms in total. The van der Waals surface area contributed by atoms with Crippen LogP contribution in [0.1, 0.15) is 50.8 Å². The maximum atomic E-state index is 11.4. The molecule has 0 aliphatic heterocycles. The SMILES string of the molecule is CCCCOc1c(C(=O)Cl)cc(C(=O)Cl)cc1C(=O)Cl. The summed E-state index contributed by atoms with van der Waals surface area (Å²) in [4.78, 5) is 34.0. The van der Waals surface area contributed by atoms with Crippen molar-refractivity contribution in [1.82, 2.24) is 0 Å². The van der Waals surface area contributed by atoms with Crippen molar-refractivity contribution in [2.24, 2.45) is 0 Å². The molecule has 0 aliphatic carbocycles. The first-order chi connectivity index (χ1) is 9.38. The van der Waals surface area contributed by atoms with Gasteiger partial charge in [-0.05, 0) is 53.4 Å². The minimum absolute atomic E-state index is 0.0277. The molecular weight excluding hydrogens is 326 g/mol. The van der Waals surface area contributed by atoms with Gasteiger partial charge in [0.25, 0.3) is 15.7 Å². The Morgan fingerprint density at radius 1 is 1.00 bits per heavy atom. The van der Waals surface area contributed by atoms with Crippen LogP contribution in [-0.2, 0) is 0 Å². The molecule has 0 saturated carbocycles. The Kier molecular flexibility index (Phi) is 6.46. The fourth-order valence-electron chi connectivity index (χ4n) is 1.51. The molecule has 0 bridgehead atoms. The van der Waals surface area contributed by atoms with E-state index in [1.165, 1.54) is 12.1 Å². The Labute approximate surface area is 130 Å². The lowest BCUT2D eigenvalue weighted by atomic mass is 10.1. The molecule has 0 fully saturated rings. The second-order valence-electron chi connectivity index (χ2n) is 3.92. The van der Waals surface area contributed by atoms with Crippen LogP contribution in [-0.4, -0.2) is 22.3 Å². The Balaban J connectivity index is 3.39. The number of halogens is 3. The van der Waals surface area contributed by atoms with Crippen molar-refractivity contribution >= 4 is 50.5 Å². The van der Waals surface area contributed by atoms with Crippen molar-refractivity contribution < 1.29 is 19.1 Å². The molecule has 0 amide bonds. The van der Waals surface area contributed by atoms with Crippen LogP contribution < -0.4 is 4.74 Å². The number of unbranched alkanes of at least 4 members (excludes halogenated alkanes) is 1. The molecule has 7 heteroatoms. The number of ether oxygens (including phenoxy) is 1. The summed E-state index contributed by atoms with van der Waals surface area (Å²) in [5.41, 5.74) is -0.279. The van der Waals surface area contributed by atoms with Gasteiger partial charge in [-0.3, -0.25) is 14.4 Å². The first-order valence-electron chi connectivity index (χ1n) is 5.78. The fourth-order valence-corrected chi connectivity index (χ4v) is 1.90. The van der Waals surface area contributed by atoms with Crippen molar-refractivity contribution in [3.8, 4) is 5.75 Å². The molecule has 20 heavy (non-hydrogen) atoms. The van der Waals surface area contributed by atoms with Gasteiger partial charge in [0, 0.05) is 5.56 Å². The van der Waals surface area contributed by atoms with Crippen LogP contribution in [0.5, 0.6) is 5.75 Å². The third-order valence-electron chi connectivity index (χ3n) is 2.48. The summed E-state index contributed by atoms with van der Waals surface area (Å²) in [6, 6.07) is 2.35. The highest BCUT2D eigenvalue weighted by Gasteiger charge is 2.22. The van der Waals surface area contributed by atoms with Crippen molar-refractivity contribution in [3.63, 3.8) is 0 Å². The van der Waals surface area contributed by atoms with Crippen LogP contribution >= 0.6 is 34.8 Å². The second-order valence-corrected chi connectivity index (χ2v) is 4.95. The highest BCUT2D eigenvalue weighted by atomic mass is 35.5. The molecule has 0 atom stereocenters. The summed E-state index contributed by atoms with van der Waals surface area (Å²) < 4.78 is 5.40. The van der Waals surface area contributed by atoms with Crippen molar-refractivity contribution in [2.45, 2.75) is 19.8 Å². The molecular formula is C13H11Cl3O4. The highest BCUT2D eigenvalue weighted by molar-refractivity contribution is 6.71. The minimum Gasteiger partial charge on any atom is -0.492 e. The van der Waals surface area contributed by atoms with Gasteiger partial charge in [0.15, 0.2) is 0 Å². The van der Waals surface area contributed by atoms with Gasteiger partial charge in [0.2, 0.25) is 0 Å². The zero-order chi connectivity index (χ0) is 15.3. The van der Waals surface area contributed by atoms with E-state index < -0.39 is 15.7 Å². The summed E-state index contributed by atoms with van der Waals surface area (Å²) in [7, 11) is 0. The van der Waals surface area contributed by atoms with E-state index in [1.807, 2.05) is 6.92 Å². The van der Waals surface area contributed by atoms with Crippen LogP contribution in [0, 0.1) is 0 Å². The Bertz CT molecular complexity index is 520.